The highest BCUT2D eigenvalue weighted by Crippen LogP contribution is 2.20. The molecular formula is C18H19N5O3. The fraction of sp³-hybridized carbons (Fsp3) is 0.222. The lowest BCUT2D eigenvalue weighted by Crippen LogP contribution is -2.20. The van der Waals surface area contributed by atoms with Crippen LogP contribution in [0.1, 0.15) is 6.92 Å². The van der Waals surface area contributed by atoms with Crippen molar-refractivity contribution in [3.8, 4) is 22.9 Å². The minimum atomic E-state index is -0.247. The third-order valence-corrected chi connectivity index (χ3v) is 3.51. The number of carbonyl (C=O) groups is 1. The number of carbonyl (C=O) groups excluding carboxylic acids is 1. The van der Waals surface area contributed by atoms with E-state index in [1.807, 2.05) is 25.1 Å². The van der Waals surface area contributed by atoms with Gasteiger partial charge >= 0.3 is 0 Å². The van der Waals surface area contributed by atoms with Gasteiger partial charge in [0.05, 0.1) is 13.7 Å². The molecule has 0 unspecified atom stereocenters. The first-order chi connectivity index (χ1) is 12.7. The molecule has 1 aromatic heterocycles. The van der Waals surface area contributed by atoms with Crippen LogP contribution in [0.2, 0.25) is 0 Å². The number of benzene rings is 2. The van der Waals surface area contributed by atoms with E-state index in [1.54, 1.807) is 37.4 Å². The Morgan fingerprint density at radius 2 is 1.96 bits per heavy atom. The molecule has 0 aliphatic rings. The Balaban J connectivity index is 1.62. The van der Waals surface area contributed by atoms with Crippen LogP contribution in [0, 0.1) is 0 Å². The first-order valence-corrected chi connectivity index (χ1v) is 8.13. The van der Waals surface area contributed by atoms with Crippen LogP contribution in [0.15, 0.2) is 48.5 Å². The van der Waals surface area contributed by atoms with Crippen LogP contribution in [0.3, 0.4) is 0 Å². The van der Waals surface area contributed by atoms with Crippen molar-refractivity contribution in [3.05, 3.63) is 48.5 Å². The van der Waals surface area contributed by atoms with Gasteiger partial charge in [0.1, 0.15) is 18.0 Å². The van der Waals surface area contributed by atoms with Gasteiger partial charge in [-0.1, -0.05) is 12.1 Å². The zero-order valence-corrected chi connectivity index (χ0v) is 14.5. The molecular weight excluding hydrogens is 334 g/mol. The summed E-state index contributed by atoms with van der Waals surface area (Å²) >= 11 is 0. The summed E-state index contributed by atoms with van der Waals surface area (Å²) in [6.45, 7) is 2.48. The molecule has 3 aromatic rings. The molecule has 0 aliphatic carbocycles. The lowest BCUT2D eigenvalue weighted by Gasteiger charge is -2.06. The fourth-order valence-corrected chi connectivity index (χ4v) is 2.32. The Labute approximate surface area is 150 Å². The van der Waals surface area contributed by atoms with Gasteiger partial charge in [0.25, 0.3) is 0 Å². The molecule has 134 valence electrons. The molecule has 0 saturated heterocycles. The highest BCUT2D eigenvalue weighted by atomic mass is 16.5. The molecule has 2 aromatic carbocycles. The van der Waals surface area contributed by atoms with Crippen molar-refractivity contribution in [2.24, 2.45) is 0 Å². The molecule has 8 heteroatoms. The molecule has 1 N–H and O–H groups in total. The smallest absolute Gasteiger partial charge is 0.248 e. The Kier molecular flexibility index (Phi) is 5.43. The molecule has 0 fully saturated rings. The van der Waals surface area contributed by atoms with Gasteiger partial charge in [-0.05, 0) is 48.5 Å². The number of aromatic nitrogens is 4. The molecule has 3 rings (SSSR count). The van der Waals surface area contributed by atoms with E-state index in [0.717, 1.165) is 11.3 Å². The van der Waals surface area contributed by atoms with Gasteiger partial charge in [0.15, 0.2) is 0 Å². The summed E-state index contributed by atoms with van der Waals surface area (Å²) in [4.78, 5) is 13.4. The maximum Gasteiger partial charge on any atom is 0.248 e. The van der Waals surface area contributed by atoms with Crippen molar-refractivity contribution in [2.75, 3.05) is 19.0 Å². The van der Waals surface area contributed by atoms with Crippen molar-refractivity contribution in [2.45, 2.75) is 13.5 Å². The van der Waals surface area contributed by atoms with Crippen molar-refractivity contribution in [1.82, 2.24) is 20.2 Å². The molecule has 8 nitrogen and oxygen atoms in total. The average Bonchev–Trinajstić information content (AvgIpc) is 3.12. The Morgan fingerprint density at radius 1 is 1.15 bits per heavy atom. The molecule has 1 heterocycles. The second kappa shape index (κ2) is 8.11. The van der Waals surface area contributed by atoms with Crippen LogP contribution in [0.5, 0.6) is 11.5 Å². The van der Waals surface area contributed by atoms with Crippen LogP contribution in [0.4, 0.5) is 5.69 Å². The van der Waals surface area contributed by atoms with Gasteiger partial charge in [0.2, 0.25) is 11.7 Å². The molecule has 0 radical (unpaired) electrons. The summed E-state index contributed by atoms with van der Waals surface area (Å²) in [6, 6.07) is 14.5. The van der Waals surface area contributed by atoms with E-state index in [4.69, 9.17) is 9.47 Å². The van der Waals surface area contributed by atoms with E-state index >= 15 is 0 Å². The summed E-state index contributed by atoms with van der Waals surface area (Å²) < 4.78 is 10.6. The van der Waals surface area contributed by atoms with Crippen LogP contribution in [0.25, 0.3) is 11.4 Å². The third-order valence-electron chi connectivity index (χ3n) is 3.51. The van der Waals surface area contributed by atoms with E-state index in [1.165, 1.54) is 4.80 Å². The molecule has 0 atom stereocenters. The van der Waals surface area contributed by atoms with Crippen molar-refractivity contribution >= 4 is 11.6 Å². The molecule has 0 aliphatic heterocycles. The lowest BCUT2D eigenvalue weighted by molar-refractivity contribution is -0.117. The standard InChI is InChI=1S/C18H19N5O3/c1-3-26-15-9-7-14(8-10-15)19-17(24)12-23-21-18(20-22-23)13-5-4-6-16(11-13)25-2/h4-11H,3,12H2,1-2H3,(H,19,24). The SMILES string of the molecule is CCOc1ccc(NC(=O)Cn2nnc(-c3cccc(OC)c3)n2)cc1. The number of anilines is 1. The van der Waals surface area contributed by atoms with Crippen molar-refractivity contribution < 1.29 is 14.3 Å². The largest absolute Gasteiger partial charge is 0.497 e. The zero-order chi connectivity index (χ0) is 18.4. The summed E-state index contributed by atoms with van der Waals surface area (Å²) in [6.07, 6.45) is 0. The quantitative estimate of drug-likeness (QED) is 0.701. The number of methoxy groups -OCH3 is 1. The van der Waals surface area contributed by atoms with Gasteiger partial charge in [-0.2, -0.15) is 4.80 Å². The lowest BCUT2D eigenvalue weighted by atomic mass is 10.2. The van der Waals surface area contributed by atoms with E-state index in [0.29, 0.717) is 23.9 Å². The molecule has 0 saturated carbocycles. The number of nitrogens with one attached hydrogen (secondary N) is 1. The average molecular weight is 353 g/mol. The maximum atomic E-state index is 12.1. The molecule has 1 amide bonds. The van der Waals surface area contributed by atoms with Gasteiger partial charge in [-0.25, -0.2) is 0 Å². The van der Waals surface area contributed by atoms with Gasteiger partial charge in [-0.15, -0.1) is 10.2 Å². The zero-order valence-electron chi connectivity index (χ0n) is 14.5. The molecule has 26 heavy (non-hydrogen) atoms. The second-order valence-electron chi connectivity index (χ2n) is 5.38. The first-order valence-electron chi connectivity index (χ1n) is 8.13. The normalized spacial score (nSPS) is 10.4. The monoisotopic (exact) mass is 353 g/mol. The van der Waals surface area contributed by atoms with E-state index in [2.05, 4.69) is 20.7 Å². The summed E-state index contributed by atoms with van der Waals surface area (Å²) in [5.41, 5.74) is 1.44. The number of hydrogen-bond acceptors (Lipinski definition) is 6. The van der Waals surface area contributed by atoms with Gasteiger partial charge < -0.3 is 14.8 Å². The Morgan fingerprint density at radius 3 is 2.69 bits per heavy atom. The molecule has 0 bridgehead atoms. The highest BCUT2D eigenvalue weighted by Gasteiger charge is 2.10. The van der Waals surface area contributed by atoms with Crippen LogP contribution in [-0.2, 0) is 11.3 Å². The summed E-state index contributed by atoms with van der Waals surface area (Å²) in [5, 5.41) is 14.9. The minimum absolute atomic E-state index is 0.0375. The van der Waals surface area contributed by atoms with E-state index in [9.17, 15) is 4.79 Å². The summed E-state index contributed by atoms with van der Waals surface area (Å²) in [5.74, 6) is 1.64. The number of ether oxygens (including phenoxy) is 2. The number of hydrogen-bond donors (Lipinski definition) is 1. The number of nitrogens with zero attached hydrogens (tertiary/aromatic N) is 4. The Hall–Kier alpha value is -3.42. The Bertz CT molecular complexity index is 877. The second-order valence-corrected chi connectivity index (χ2v) is 5.38. The predicted octanol–water partition coefficient (Wildman–Crippen LogP) is 2.39. The topological polar surface area (TPSA) is 91.2 Å². The highest BCUT2D eigenvalue weighted by molar-refractivity contribution is 5.90. The van der Waals surface area contributed by atoms with Crippen LogP contribution < -0.4 is 14.8 Å². The van der Waals surface area contributed by atoms with Crippen molar-refractivity contribution in [3.63, 3.8) is 0 Å². The maximum absolute atomic E-state index is 12.1. The predicted molar refractivity (Wildman–Crippen MR) is 96.0 cm³/mol. The van der Waals surface area contributed by atoms with Crippen LogP contribution >= 0.6 is 0 Å². The summed E-state index contributed by atoms with van der Waals surface area (Å²) in [7, 11) is 1.59. The molecule has 0 spiro atoms. The first kappa shape index (κ1) is 17.4. The van der Waals surface area contributed by atoms with Gasteiger partial charge in [0, 0.05) is 11.3 Å². The minimum Gasteiger partial charge on any atom is -0.497 e. The number of amides is 1. The third kappa shape index (κ3) is 4.35. The van der Waals surface area contributed by atoms with E-state index in [-0.39, 0.29) is 12.5 Å². The van der Waals surface area contributed by atoms with Crippen LogP contribution in [-0.4, -0.2) is 39.8 Å². The van der Waals surface area contributed by atoms with Gasteiger partial charge in [-0.3, -0.25) is 4.79 Å². The van der Waals surface area contributed by atoms with E-state index < -0.39 is 0 Å². The number of tetrazole rings is 1. The van der Waals surface area contributed by atoms with Crippen molar-refractivity contribution in [1.29, 1.82) is 0 Å². The number of rotatable bonds is 7. The fourth-order valence-electron chi connectivity index (χ4n) is 2.32.